The molecule has 0 saturated heterocycles. The standard InChI is InChI=1S/C7H10BrN3O2S/c1-10-14(12,13)11-7-3-2-5(9)4-6(7)8/h2-4,10-11H,9H2,1H3. The van der Waals surface area contributed by atoms with Gasteiger partial charge in [0.1, 0.15) is 0 Å². The van der Waals surface area contributed by atoms with Crippen molar-refractivity contribution in [3.63, 3.8) is 0 Å². The lowest BCUT2D eigenvalue weighted by molar-refractivity contribution is 0.593. The van der Waals surface area contributed by atoms with E-state index in [0.29, 0.717) is 15.8 Å². The number of halogens is 1. The number of benzene rings is 1. The number of nitrogens with two attached hydrogens (primary N) is 1. The summed E-state index contributed by atoms with van der Waals surface area (Å²) < 4.78 is 27.3. The summed E-state index contributed by atoms with van der Waals surface area (Å²) in [6.45, 7) is 0. The van der Waals surface area contributed by atoms with Crippen molar-refractivity contribution >= 4 is 37.5 Å². The van der Waals surface area contributed by atoms with Gasteiger partial charge < -0.3 is 5.73 Å². The summed E-state index contributed by atoms with van der Waals surface area (Å²) >= 11 is 3.19. The van der Waals surface area contributed by atoms with Crippen molar-refractivity contribution < 1.29 is 8.42 Å². The maximum atomic E-state index is 11.1. The maximum Gasteiger partial charge on any atom is 0.298 e. The molecule has 0 saturated carbocycles. The van der Waals surface area contributed by atoms with Gasteiger partial charge in [-0.15, -0.1) is 0 Å². The molecule has 1 aromatic carbocycles. The monoisotopic (exact) mass is 279 g/mol. The normalized spacial score (nSPS) is 11.3. The minimum Gasteiger partial charge on any atom is -0.399 e. The highest BCUT2D eigenvalue weighted by Crippen LogP contribution is 2.25. The molecule has 1 aromatic rings. The van der Waals surface area contributed by atoms with E-state index < -0.39 is 10.2 Å². The van der Waals surface area contributed by atoms with Gasteiger partial charge in [0.15, 0.2) is 0 Å². The first kappa shape index (κ1) is 11.3. The first-order valence-electron chi connectivity index (χ1n) is 3.71. The third kappa shape index (κ3) is 2.86. The number of nitrogen functional groups attached to an aromatic ring is 1. The Bertz CT molecular complexity index is 433. The first-order valence-corrected chi connectivity index (χ1v) is 5.98. The highest BCUT2D eigenvalue weighted by Gasteiger charge is 2.08. The van der Waals surface area contributed by atoms with Crippen molar-refractivity contribution in [1.29, 1.82) is 0 Å². The minimum atomic E-state index is -3.48. The van der Waals surface area contributed by atoms with Crippen LogP contribution < -0.4 is 15.2 Å². The van der Waals surface area contributed by atoms with Crippen LogP contribution in [-0.2, 0) is 10.2 Å². The fourth-order valence-corrected chi connectivity index (χ4v) is 2.01. The topological polar surface area (TPSA) is 84.2 Å². The van der Waals surface area contributed by atoms with Crippen LogP contribution in [0.4, 0.5) is 11.4 Å². The van der Waals surface area contributed by atoms with Crippen LogP contribution in [0.1, 0.15) is 0 Å². The zero-order valence-electron chi connectivity index (χ0n) is 7.41. The molecule has 0 spiro atoms. The predicted octanol–water partition coefficient (Wildman–Crippen LogP) is 0.907. The zero-order valence-corrected chi connectivity index (χ0v) is 9.81. The predicted molar refractivity (Wildman–Crippen MR) is 60.2 cm³/mol. The van der Waals surface area contributed by atoms with Gasteiger partial charge in [-0.2, -0.15) is 8.42 Å². The Kier molecular flexibility index (Phi) is 3.35. The van der Waals surface area contributed by atoms with Gasteiger partial charge in [-0.05, 0) is 34.1 Å². The van der Waals surface area contributed by atoms with E-state index in [1.165, 1.54) is 7.05 Å². The number of rotatable bonds is 3. The third-order valence-electron chi connectivity index (χ3n) is 1.51. The van der Waals surface area contributed by atoms with Crippen LogP contribution in [-0.4, -0.2) is 15.5 Å². The quantitative estimate of drug-likeness (QED) is 0.719. The van der Waals surface area contributed by atoms with E-state index in [-0.39, 0.29) is 0 Å². The van der Waals surface area contributed by atoms with Crippen molar-refractivity contribution in [3.8, 4) is 0 Å². The van der Waals surface area contributed by atoms with E-state index in [4.69, 9.17) is 5.73 Å². The molecule has 0 bridgehead atoms. The second-order valence-corrected chi connectivity index (χ2v) is 5.02. The van der Waals surface area contributed by atoms with Gasteiger partial charge >= 0.3 is 0 Å². The summed E-state index contributed by atoms with van der Waals surface area (Å²) in [5.74, 6) is 0. The van der Waals surface area contributed by atoms with Gasteiger partial charge in [0.05, 0.1) is 5.69 Å². The van der Waals surface area contributed by atoms with E-state index in [9.17, 15) is 8.42 Å². The Morgan fingerprint density at radius 1 is 1.43 bits per heavy atom. The molecule has 0 atom stereocenters. The van der Waals surface area contributed by atoms with Crippen molar-refractivity contribution in [3.05, 3.63) is 22.7 Å². The lowest BCUT2D eigenvalue weighted by Gasteiger charge is -2.08. The zero-order chi connectivity index (χ0) is 10.8. The van der Waals surface area contributed by atoms with Crippen LogP contribution in [0.25, 0.3) is 0 Å². The molecular weight excluding hydrogens is 270 g/mol. The molecule has 0 aliphatic heterocycles. The van der Waals surface area contributed by atoms with Crippen LogP contribution in [0.5, 0.6) is 0 Å². The summed E-state index contributed by atoms with van der Waals surface area (Å²) in [5, 5.41) is 0. The molecule has 78 valence electrons. The van der Waals surface area contributed by atoms with Gasteiger partial charge in [0.2, 0.25) is 0 Å². The fraction of sp³-hybridized carbons (Fsp3) is 0.143. The van der Waals surface area contributed by atoms with Crippen LogP contribution in [0.3, 0.4) is 0 Å². The van der Waals surface area contributed by atoms with Gasteiger partial charge in [-0.25, -0.2) is 4.72 Å². The summed E-state index contributed by atoms with van der Waals surface area (Å²) in [6, 6.07) is 4.81. The maximum absolute atomic E-state index is 11.1. The van der Waals surface area contributed by atoms with E-state index in [2.05, 4.69) is 25.4 Å². The highest BCUT2D eigenvalue weighted by molar-refractivity contribution is 9.10. The average Bonchev–Trinajstić information content (AvgIpc) is 2.10. The highest BCUT2D eigenvalue weighted by atomic mass is 79.9. The van der Waals surface area contributed by atoms with Gasteiger partial charge in [-0.1, -0.05) is 0 Å². The number of hydrogen-bond donors (Lipinski definition) is 3. The molecule has 0 amide bonds. The molecule has 0 radical (unpaired) electrons. The van der Waals surface area contributed by atoms with Crippen LogP contribution in [0.15, 0.2) is 22.7 Å². The lowest BCUT2D eigenvalue weighted by atomic mass is 10.3. The third-order valence-corrected chi connectivity index (χ3v) is 3.19. The molecule has 7 heteroatoms. The van der Waals surface area contributed by atoms with Crippen molar-refractivity contribution in [1.82, 2.24) is 4.72 Å². The number of nitrogens with one attached hydrogen (secondary N) is 2. The molecule has 0 fully saturated rings. The summed E-state index contributed by atoms with van der Waals surface area (Å²) in [6.07, 6.45) is 0. The molecule has 5 nitrogen and oxygen atoms in total. The van der Waals surface area contributed by atoms with Gasteiger partial charge in [0, 0.05) is 17.2 Å². The Balaban J connectivity index is 2.99. The second-order valence-electron chi connectivity index (χ2n) is 2.55. The van der Waals surface area contributed by atoms with Crippen LogP contribution >= 0.6 is 15.9 Å². The van der Waals surface area contributed by atoms with E-state index >= 15 is 0 Å². The molecular formula is C7H10BrN3O2S. The number of hydrogen-bond acceptors (Lipinski definition) is 3. The second kappa shape index (κ2) is 4.16. The van der Waals surface area contributed by atoms with Crippen LogP contribution in [0, 0.1) is 0 Å². The van der Waals surface area contributed by atoms with Crippen molar-refractivity contribution in [2.45, 2.75) is 0 Å². The number of anilines is 2. The minimum absolute atomic E-state index is 0.438. The Morgan fingerprint density at radius 2 is 2.07 bits per heavy atom. The largest absolute Gasteiger partial charge is 0.399 e. The van der Waals surface area contributed by atoms with E-state index in [0.717, 1.165) is 0 Å². The Morgan fingerprint density at radius 3 is 2.57 bits per heavy atom. The van der Waals surface area contributed by atoms with Gasteiger partial charge in [-0.3, -0.25) is 4.72 Å². The van der Waals surface area contributed by atoms with E-state index in [1.54, 1.807) is 18.2 Å². The first-order chi connectivity index (χ1) is 6.44. The van der Waals surface area contributed by atoms with Crippen LogP contribution in [0.2, 0.25) is 0 Å². The fourth-order valence-electron chi connectivity index (χ4n) is 0.810. The summed E-state index contributed by atoms with van der Waals surface area (Å²) in [5.41, 5.74) is 6.50. The lowest BCUT2D eigenvalue weighted by Crippen LogP contribution is -2.26. The Labute approximate surface area is 91.0 Å². The molecule has 0 aliphatic carbocycles. The molecule has 0 unspecified atom stereocenters. The average molecular weight is 280 g/mol. The van der Waals surface area contributed by atoms with Gasteiger partial charge in [0.25, 0.3) is 10.2 Å². The van der Waals surface area contributed by atoms with Crippen molar-refractivity contribution in [2.24, 2.45) is 0 Å². The molecule has 0 aliphatic rings. The molecule has 4 N–H and O–H groups in total. The SMILES string of the molecule is CNS(=O)(=O)Nc1ccc(N)cc1Br. The summed E-state index contributed by atoms with van der Waals surface area (Å²) in [4.78, 5) is 0. The molecule has 14 heavy (non-hydrogen) atoms. The molecule has 0 heterocycles. The van der Waals surface area contributed by atoms with Crippen molar-refractivity contribution in [2.75, 3.05) is 17.5 Å². The molecule has 1 rings (SSSR count). The smallest absolute Gasteiger partial charge is 0.298 e. The summed E-state index contributed by atoms with van der Waals surface area (Å²) in [7, 11) is -2.15. The molecule has 0 aromatic heterocycles. The Hall–Kier alpha value is -0.790. The van der Waals surface area contributed by atoms with E-state index in [1.807, 2.05) is 0 Å².